The number of hydrogen-bond donors (Lipinski definition) is 0. The second-order valence-electron chi connectivity index (χ2n) is 3.48. The Hall–Kier alpha value is -0.880. The first kappa shape index (κ1) is 9.21. The van der Waals surface area contributed by atoms with Crippen LogP contribution in [0.3, 0.4) is 0 Å². The molecule has 0 unspecified atom stereocenters. The van der Waals surface area contributed by atoms with Gasteiger partial charge in [-0.1, -0.05) is 38.7 Å². The number of isocyanates is 1. The fraction of sp³-hybridized carbons (Fsp3) is 0.700. The van der Waals surface area contributed by atoms with Crippen LogP contribution in [0, 0.1) is 5.92 Å². The first-order valence-corrected chi connectivity index (χ1v) is 4.58. The number of aliphatic imine (C=N–C) groups is 1. The monoisotopic (exact) mass is 165 g/mol. The third-order valence-electron chi connectivity index (χ3n) is 2.45. The molecule has 0 spiro atoms. The van der Waals surface area contributed by atoms with E-state index in [4.69, 9.17) is 0 Å². The normalized spacial score (nSPS) is 18.3. The molecule has 1 rings (SSSR count). The van der Waals surface area contributed by atoms with Gasteiger partial charge < -0.3 is 0 Å². The fourth-order valence-electron chi connectivity index (χ4n) is 1.83. The van der Waals surface area contributed by atoms with Gasteiger partial charge in [0.15, 0.2) is 0 Å². The van der Waals surface area contributed by atoms with Gasteiger partial charge in [-0.15, -0.1) is 0 Å². The largest absolute Gasteiger partial charge is 0.240 e. The van der Waals surface area contributed by atoms with Crippen molar-refractivity contribution in [3.63, 3.8) is 0 Å². The first-order chi connectivity index (χ1) is 5.83. The highest BCUT2D eigenvalue weighted by Gasteiger charge is 2.13. The van der Waals surface area contributed by atoms with Gasteiger partial charge in [0.2, 0.25) is 6.08 Å². The van der Waals surface area contributed by atoms with Crippen molar-refractivity contribution in [1.29, 1.82) is 0 Å². The fourth-order valence-corrected chi connectivity index (χ4v) is 1.83. The maximum absolute atomic E-state index is 9.90. The number of nitrogens with zero attached hydrogens (tertiary/aromatic N) is 1. The van der Waals surface area contributed by atoms with Crippen LogP contribution in [0.1, 0.15) is 38.5 Å². The minimum Gasteiger partial charge on any atom is -0.211 e. The summed E-state index contributed by atoms with van der Waals surface area (Å²) in [7, 11) is 0. The molecule has 0 aliphatic heterocycles. The van der Waals surface area contributed by atoms with E-state index < -0.39 is 0 Å². The Balaban J connectivity index is 2.29. The average molecular weight is 165 g/mol. The number of rotatable bonds is 3. The lowest BCUT2D eigenvalue weighted by Crippen LogP contribution is -2.06. The molecule has 0 heterocycles. The predicted molar refractivity (Wildman–Crippen MR) is 48.5 cm³/mol. The second kappa shape index (κ2) is 4.89. The van der Waals surface area contributed by atoms with Crippen molar-refractivity contribution < 1.29 is 4.79 Å². The Morgan fingerprint density at radius 2 is 2.08 bits per heavy atom. The molecule has 1 fully saturated rings. The van der Waals surface area contributed by atoms with E-state index in [0.717, 1.165) is 6.42 Å². The number of carbonyl (C=O) groups excluding carboxylic acids is 1. The van der Waals surface area contributed by atoms with Crippen molar-refractivity contribution in [2.75, 3.05) is 0 Å². The summed E-state index contributed by atoms with van der Waals surface area (Å²) in [5.41, 5.74) is 0.692. The molecule has 0 amide bonds. The summed E-state index contributed by atoms with van der Waals surface area (Å²) in [5.74, 6) is 0.711. The molecule has 0 N–H and O–H groups in total. The van der Waals surface area contributed by atoms with Crippen molar-refractivity contribution in [1.82, 2.24) is 0 Å². The summed E-state index contributed by atoms with van der Waals surface area (Å²) in [6, 6.07) is 0. The van der Waals surface area contributed by atoms with E-state index in [0.29, 0.717) is 11.6 Å². The third-order valence-corrected chi connectivity index (χ3v) is 2.45. The van der Waals surface area contributed by atoms with E-state index in [1.54, 1.807) is 0 Å². The Morgan fingerprint density at radius 1 is 1.42 bits per heavy atom. The highest BCUT2D eigenvalue weighted by atomic mass is 16.1. The summed E-state index contributed by atoms with van der Waals surface area (Å²) in [4.78, 5) is 13.4. The number of hydrogen-bond acceptors (Lipinski definition) is 2. The van der Waals surface area contributed by atoms with Crippen molar-refractivity contribution in [3.05, 3.63) is 12.3 Å². The lowest BCUT2D eigenvalue weighted by atomic mass is 9.86. The Labute approximate surface area is 73.4 Å². The van der Waals surface area contributed by atoms with Crippen molar-refractivity contribution in [2.24, 2.45) is 10.9 Å². The Kier molecular flexibility index (Phi) is 3.75. The zero-order chi connectivity index (χ0) is 8.81. The highest BCUT2D eigenvalue weighted by Crippen LogP contribution is 2.28. The van der Waals surface area contributed by atoms with Crippen molar-refractivity contribution >= 4 is 6.08 Å². The minimum absolute atomic E-state index is 0.692. The molecule has 1 saturated carbocycles. The van der Waals surface area contributed by atoms with Gasteiger partial charge in [-0.2, -0.15) is 4.99 Å². The van der Waals surface area contributed by atoms with E-state index in [2.05, 4.69) is 11.6 Å². The summed E-state index contributed by atoms with van der Waals surface area (Å²) in [6.45, 7) is 3.71. The standard InChI is InChI=1S/C10H15NO/c1-9(11-8-12)7-10-5-3-2-4-6-10/h10H,1-7H2. The smallest absolute Gasteiger partial charge is 0.211 e. The molecule has 0 radical (unpaired) electrons. The first-order valence-electron chi connectivity index (χ1n) is 4.58. The molecular weight excluding hydrogens is 150 g/mol. The molecule has 0 atom stereocenters. The van der Waals surface area contributed by atoms with Gasteiger partial charge in [-0.3, -0.25) is 0 Å². The van der Waals surface area contributed by atoms with E-state index in [9.17, 15) is 4.79 Å². The molecule has 0 saturated heterocycles. The SMILES string of the molecule is C=C(CC1CCCCC1)N=C=O. The van der Waals surface area contributed by atoms with Crippen LogP contribution in [0.2, 0.25) is 0 Å². The maximum Gasteiger partial charge on any atom is 0.240 e. The summed E-state index contributed by atoms with van der Waals surface area (Å²) in [5, 5.41) is 0. The van der Waals surface area contributed by atoms with Crippen LogP contribution < -0.4 is 0 Å². The van der Waals surface area contributed by atoms with E-state index >= 15 is 0 Å². The van der Waals surface area contributed by atoms with Gasteiger partial charge in [-0.05, 0) is 12.3 Å². The lowest BCUT2D eigenvalue weighted by molar-refractivity contribution is 0.355. The van der Waals surface area contributed by atoms with Gasteiger partial charge in [0.05, 0.1) is 0 Å². The average Bonchev–Trinajstić information content (AvgIpc) is 2.06. The summed E-state index contributed by atoms with van der Waals surface area (Å²) >= 11 is 0. The molecule has 0 aromatic carbocycles. The van der Waals surface area contributed by atoms with Crippen LogP contribution in [-0.2, 0) is 4.79 Å². The Bertz CT molecular complexity index is 198. The molecule has 1 aliphatic carbocycles. The maximum atomic E-state index is 9.90. The van der Waals surface area contributed by atoms with Crippen LogP contribution in [-0.4, -0.2) is 6.08 Å². The quantitative estimate of drug-likeness (QED) is 0.467. The molecule has 0 aromatic rings. The third kappa shape index (κ3) is 3.02. The zero-order valence-electron chi connectivity index (χ0n) is 7.38. The summed E-state index contributed by atoms with van der Waals surface area (Å²) in [6.07, 6.45) is 8.96. The molecule has 2 heteroatoms. The molecule has 66 valence electrons. The van der Waals surface area contributed by atoms with Crippen LogP contribution in [0.15, 0.2) is 17.3 Å². The van der Waals surface area contributed by atoms with Gasteiger partial charge >= 0.3 is 0 Å². The summed E-state index contributed by atoms with van der Waals surface area (Å²) < 4.78 is 0. The van der Waals surface area contributed by atoms with Gasteiger partial charge in [-0.25, -0.2) is 4.79 Å². The predicted octanol–water partition coefficient (Wildman–Crippen LogP) is 2.81. The van der Waals surface area contributed by atoms with Crippen LogP contribution in [0.25, 0.3) is 0 Å². The lowest BCUT2D eigenvalue weighted by Gasteiger charge is -2.20. The molecule has 2 nitrogen and oxygen atoms in total. The number of allylic oxidation sites excluding steroid dienone is 1. The van der Waals surface area contributed by atoms with Gasteiger partial charge in [0.25, 0.3) is 0 Å². The molecule has 12 heavy (non-hydrogen) atoms. The van der Waals surface area contributed by atoms with Crippen molar-refractivity contribution in [2.45, 2.75) is 38.5 Å². The highest BCUT2D eigenvalue weighted by molar-refractivity contribution is 5.36. The Morgan fingerprint density at radius 3 is 2.67 bits per heavy atom. The molecule has 0 bridgehead atoms. The van der Waals surface area contributed by atoms with Crippen LogP contribution in [0.4, 0.5) is 0 Å². The van der Waals surface area contributed by atoms with E-state index in [1.165, 1.54) is 38.2 Å². The minimum atomic E-state index is 0.692. The van der Waals surface area contributed by atoms with Crippen LogP contribution in [0.5, 0.6) is 0 Å². The van der Waals surface area contributed by atoms with Gasteiger partial charge in [0.1, 0.15) is 0 Å². The molecule has 0 aromatic heterocycles. The topological polar surface area (TPSA) is 29.4 Å². The van der Waals surface area contributed by atoms with E-state index in [1.807, 2.05) is 0 Å². The van der Waals surface area contributed by atoms with Crippen molar-refractivity contribution in [3.8, 4) is 0 Å². The van der Waals surface area contributed by atoms with E-state index in [-0.39, 0.29) is 0 Å². The second-order valence-corrected chi connectivity index (χ2v) is 3.48. The van der Waals surface area contributed by atoms with Gasteiger partial charge in [0, 0.05) is 5.70 Å². The molecule has 1 aliphatic rings. The molecular formula is C10H15NO. The zero-order valence-corrected chi connectivity index (χ0v) is 7.38. The van der Waals surface area contributed by atoms with Crippen LogP contribution >= 0.6 is 0 Å².